The van der Waals surface area contributed by atoms with Crippen molar-refractivity contribution in [1.29, 1.82) is 0 Å². The maximum atomic E-state index is 10.5. The minimum absolute atomic E-state index is 0.228. The van der Waals surface area contributed by atoms with Gasteiger partial charge in [0.15, 0.2) is 12.1 Å². The number of rotatable bonds is 3. The van der Waals surface area contributed by atoms with E-state index in [0.717, 1.165) is 6.08 Å². The summed E-state index contributed by atoms with van der Waals surface area (Å²) in [5.41, 5.74) is 1.95. The number of carboxylic acid groups (broad SMARTS) is 1. The van der Waals surface area contributed by atoms with Crippen molar-refractivity contribution < 1.29 is 14.7 Å². The van der Waals surface area contributed by atoms with Gasteiger partial charge in [0.25, 0.3) is 0 Å². The van der Waals surface area contributed by atoms with E-state index in [9.17, 15) is 9.59 Å². The lowest BCUT2D eigenvalue weighted by molar-refractivity contribution is -0.131. The van der Waals surface area contributed by atoms with E-state index in [0.29, 0.717) is 22.9 Å². The molecule has 0 amide bonds. The normalized spacial score (nSPS) is 11.0. The summed E-state index contributed by atoms with van der Waals surface area (Å²) in [6, 6.07) is 5.27. The SMILES string of the molecule is O=Cc1nc2c(/C=C/C(=O)O)cccc2[nH]1. The van der Waals surface area contributed by atoms with E-state index in [-0.39, 0.29) is 5.82 Å². The van der Waals surface area contributed by atoms with Crippen molar-refractivity contribution >= 4 is 29.4 Å². The maximum absolute atomic E-state index is 10.5. The number of carbonyl (C=O) groups is 2. The fraction of sp³-hybridized carbons (Fsp3) is 0. The van der Waals surface area contributed by atoms with Crippen molar-refractivity contribution in [1.82, 2.24) is 9.97 Å². The molecule has 2 rings (SSSR count). The Hall–Kier alpha value is -2.43. The Morgan fingerprint density at radius 1 is 1.44 bits per heavy atom. The summed E-state index contributed by atoms with van der Waals surface area (Å²) in [4.78, 5) is 27.8. The lowest BCUT2D eigenvalue weighted by atomic mass is 10.2. The summed E-state index contributed by atoms with van der Waals surface area (Å²) in [7, 11) is 0. The van der Waals surface area contributed by atoms with Crippen LogP contribution in [0.15, 0.2) is 24.3 Å². The van der Waals surface area contributed by atoms with Gasteiger partial charge in [-0.05, 0) is 12.1 Å². The Kier molecular flexibility index (Phi) is 2.51. The minimum atomic E-state index is -1.02. The molecule has 0 unspecified atom stereocenters. The molecular formula is C11H8N2O3. The number of aliphatic carboxylic acids is 1. The Bertz CT molecular complexity index is 584. The summed E-state index contributed by atoms with van der Waals surface area (Å²) < 4.78 is 0. The average Bonchev–Trinajstić information content (AvgIpc) is 2.69. The third kappa shape index (κ3) is 1.83. The van der Waals surface area contributed by atoms with Crippen LogP contribution in [0, 0.1) is 0 Å². The molecule has 0 saturated carbocycles. The Balaban J connectivity index is 2.56. The molecule has 2 aromatic rings. The molecule has 1 heterocycles. The molecular weight excluding hydrogens is 208 g/mol. The number of nitrogens with zero attached hydrogens (tertiary/aromatic N) is 1. The number of carboxylic acids is 1. The zero-order chi connectivity index (χ0) is 11.5. The van der Waals surface area contributed by atoms with Gasteiger partial charge in [-0.3, -0.25) is 4.79 Å². The number of hydrogen-bond donors (Lipinski definition) is 2. The first kappa shape index (κ1) is 10.1. The van der Waals surface area contributed by atoms with E-state index < -0.39 is 5.97 Å². The number of aromatic nitrogens is 2. The van der Waals surface area contributed by atoms with Gasteiger partial charge in [-0.15, -0.1) is 0 Å². The van der Waals surface area contributed by atoms with Gasteiger partial charge in [0.1, 0.15) is 0 Å². The molecule has 1 aromatic carbocycles. The van der Waals surface area contributed by atoms with Crippen LogP contribution in [0.1, 0.15) is 16.2 Å². The maximum Gasteiger partial charge on any atom is 0.328 e. The van der Waals surface area contributed by atoms with E-state index >= 15 is 0 Å². The summed E-state index contributed by atoms with van der Waals surface area (Å²) in [6.07, 6.45) is 3.09. The third-order valence-electron chi connectivity index (χ3n) is 2.08. The molecule has 0 bridgehead atoms. The fourth-order valence-corrected chi connectivity index (χ4v) is 1.42. The van der Waals surface area contributed by atoms with Crippen LogP contribution in [-0.2, 0) is 4.79 Å². The first-order valence-corrected chi connectivity index (χ1v) is 4.55. The Morgan fingerprint density at radius 3 is 2.94 bits per heavy atom. The summed E-state index contributed by atoms with van der Waals surface area (Å²) in [6.45, 7) is 0. The molecule has 0 saturated heterocycles. The number of nitrogens with one attached hydrogen (secondary N) is 1. The Labute approximate surface area is 90.4 Å². The van der Waals surface area contributed by atoms with E-state index in [1.54, 1.807) is 18.2 Å². The first-order chi connectivity index (χ1) is 7.70. The molecule has 0 fully saturated rings. The Morgan fingerprint density at radius 2 is 2.25 bits per heavy atom. The molecule has 0 atom stereocenters. The summed E-state index contributed by atoms with van der Waals surface area (Å²) in [5, 5.41) is 8.53. The number of carbonyl (C=O) groups excluding carboxylic acids is 1. The molecule has 80 valence electrons. The van der Waals surface area contributed by atoms with Gasteiger partial charge < -0.3 is 10.1 Å². The van der Waals surface area contributed by atoms with Crippen molar-refractivity contribution in [2.45, 2.75) is 0 Å². The van der Waals surface area contributed by atoms with Crippen molar-refractivity contribution in [2.75, 3.05) is 0 Å². The van der Waals surface area contributed by atoms with Crippen molar-refractivity contribution in [2.24, 2.45) is 0 Å². The second-order valence-electron chi connectivity index (χ2n) is 3.15. The molecule has 5 heteroatoms. The van der Waals surface area contributed by atoms with Crippen molar-refractivity contribution in [3.63, 3.8) is 0 Å². The highest BCUT2D eigenvalue weighted by atomic mass is 16.4. The number of hydrogen-bond acceptors (Lipinski definition) is 3. The van der Waals surface area contributed by atoms with Gasteiger partial charge in [-0.1, -0.05) is 12.1 Å². The molecule has 0 aliphatic heterocycles. The van der Waals surface area contributed by atoms with E-state index in [4.69, 9.17) is 5.11 Å². The average molecular weight is 216 g/mol. The van der Waals surface area contributed by atoms with Gasteiger partial charge >= 0.3 is 5.97 Å². The molecule has 0 radical (unpaired) electrons. The van der Waals surface area contributed by atoms with Crippen LogP contribution in [0.3, 0.4) is 0 Å². The van der Waals surface area contributed by atoms with Crippen molar-refractivity contribution in [3.8, 4) is 0 Å². The largest absolute Gasteiger partial charge is 0.478 e. The molecule has 1 aromatic heterocycles. The fourth-order valence-electron chi connectivity index (χ4n) is 1.42. The number of aromatic amines is 1. The van der Waals surface area contributed by atoms with E-state index in [1.165, 1.54) is 6.08 Å². The zero-order valence-electron chi connectivity index (χ0n) is 8.18. The first-order valence-electron chi connectivity index (χ1n) is 4.55. The molecule has 2 N–H and O–H groups in total. The van der Waals surface area contributed by atoms with Crippen LogP contribution in [0.2, 0.25) is 0 Å². The number of H-pyrrole nitrogens is 1. The molecule has 16 heavy (non-hydrogen) atoms. The monoisotopic (exact) mass is 216 g/mol. The highest BCUT2D eigenvalue weighted by molar-refractivity contribution is 5.92. The second kappa shape index (κ2) is 3.98. The van der Waals surface area contributed by atoms with Gasteiger partial charge in [-0.2, -0.15) is 0 Å². The van der Waals surface area contributed by atoms with E-state index in [2.05, 4.69) is 9.97 Å². The second-order valence-corrected chi connectivity index (χ2v) is 3.15. The number of fused-ring (bicyclic) bond motifs is 1. The van der Waals surface area contributed by atoms with Gasteiger partial charge in [-0.25, -0.2) is 9.78 Å². The molecule has 0 aliphatic rings. The highest BCUT2D eigenvalue weighted by Gasteiger charge is 2.04. The predicted molar refractivity (Wildman–Crippen MR) is 58.2 cm³/mol. The van der Waals surface area contributed by atoms with Crippen LogP contribution < -0.4 is 0 Å². The number of para-hydroxylation sites is 1. The van der Waals surface area contributed by atoms with Crippen LogP contribution in [0.4, 0.5) is 0 Å². The van der Waals surface area contributed by atoms with Gasteiger partial charge in [0.2, 0.25) is 0 Å². The van der Waals surface area contributed by atoms with Crippen molar-refractivity contribution in [3.05, 3.63) is 35.7 Å². The standard InChI is InChI=1S/C11H8N2O3/c14-6-9-12-8-3-1-2-7(11(8)13-9)4-5-10(15)16/h1-6H,(H,12,13)(H,15,16)/b5-4+. The summed E-state index contributed by atoms with van der Waals surface area (Å²) >= 11 is 0. The minimum Gasteiger partial charge on any atom is -0.478 e. The number of aldehydes is 1. The lowest BCUT2D eigenvalue weighted by Crippen LogP contribution is -1.86. The van der Waals surface area contributed by atoms with Crippen LogP contribution >= 0.6 is 0 Å². The third-order valence-corrected chi connectivity index (χ3v) is 2.08. The summed E-state index contributed by atoms with van der Waals surface area (Å²) in [5.74, 6) is -0.797. The van der Waals surface area contributed by atoms with Crippen LogP contribution in [0.5, 0.6) is 0 Å². The quantitative estimate of drug-likeness (QED) is 0.601. The zero-order valence-corrected chi connectivity index (χ0v) is 8.18. The lowest BCUT2D eigenvalue weighted by Gasteiger charge is -1.93. The smallest absolute Gasteiger partial charge is 0.328 e. The number of benzene rings is 1. The molecule has 0 aliphatic carbocycles. The predicted octanol–water partition coefficient (Wildman–Crippen LogP) is 1.47. The van der Waals surface area contributed by atoms with Gasteiger partial charge in [0, 0.05) is 11.6 Å². The molecule has 5 nitrogen and oxygen atoms in total. The topological polar surface area (TPSA) is 83.1 Å². The highest BCUT2D eigenvalue weighted by Crippen LogP contribution is 2.17. The van der Waals surface area contributed by atoms with Gasteiger partial charge in [0.05, 0.1) is 11.0 Å². The van der Waals surface area contributed by atoms with Crippen LogP contribution in [-0.4, -0.2) is 27.3 Å². The van der Waals surface area contributed by atoms with E-state index in [1.807, 2.05) is 0 Å². The number of imidazole rings is 1. The van der Waals surface area contributed by atoms with Crippen LogP contribution in [0.25, 0.3) is 17.1 Å². The molecule has 0 spiro atoms.